The predicted molar refractivity (Wildman–Crippen MR) is 111 cm³/mol. The molecule has 0 aliphatic rings. The number of nitrogens with two attached hydrogens (primary N) is 1. The number of hydrogen-bond donors (Lipinski definition) is 1. The third-order valence-corrected chi connectivity index (χ3v) is 6.62. The molecule has 26 heavy (non-hydrogen) atoms. The van der Waals surface area contributed by atoms with Crippen molar-refractivity contribution in [1.82, 2.24) is 9.97 Å². The maximum atomic E-state index is 5.83. The number of rotatable bonds is 4. The van der Waals surface area contributed by atoms with Crippen molar-refractivity contribution in [3.8, 4) is 11.3 Å². The van der Waals surface area contributed by atoms with Gasteiger partial charge in [0.1, 0.15) is 0 Å². The second kappa shape index (κ2) is 7.47. The molecule has 2 N–H and O–H groups in total. The van der Waals surface area contributed by atoms with Crippen LogP contribution < -0.4 is 21.6 Å². The van der Waals surface area contributed by atoms with Crippen LogP contribution in [0, 0.1) is 0 Å². The molecule has 0 amide bonds. The first-order chi connectivity index (χ1) is 12.8. The maximum Gasteiger partial charge on any atom is 0.220 e. The minimum Gasteiger partial charge on any atom is -0.368 e. The van der Waals surface area contributed by atoms with E-state index in [0.717, 1.165) is 11.3 Å². The van der Waals surface area contributed by atoms with E-state index in [-0.39, 0.29) is 0 Å². The van der Waals surface area contributed by atoms with Crippen LogP contribution in [0.4, 0.5) is 5.95 Å². The zero-order valence-corrected chi connectivity index (χ0v) is 15.1. The summed E-state index contributed by atoms with van der Waals surface area (Å²) >= 11 is 0. The van der Waals surface area contributed by atoms with E-state index >= 15 is 0 Å². The molecule has 3 nitrogen and oxygen atoms in total. The third kappa shape index (κ3) is 3.35. The van der Waals surface area contributed by atoms with E-state index in [1.54, 1.807) is 6.20 Å². The zero-order chi connectivity index (χ0) is 17.8. The fourth-order valence-electron chi connectivity index (χ4n) is 2.99. The lowest BCUT2D eigenvalue weighted by molar-refractivity contribution is 1.19. The van der Waals surface area contributed by atoms with Crippen LogP contribution in [0.25, 0.3) is 11.3 Å². The molecule has 1 aromatic heterocycles. The summed E-state index contributed by atoms with van der Waals surface area (Å²) in [6, 6.07) is 31.6. The average Bonchev–Trinajstić information content (AvgIpc) is 2.70. The van der Waals surface area contributed by atoms with Gasteiger partial charge in [0.25, 0.3) is 0 Å². The van der Waals surface area contributed by atoms with Gasteiger partial charge in [0.15, 0.2) is 0 Å². The molecule has 0 unspecified atom stereocenters. The van der Waals surface area contributed by atoms with E-state index in [1.807, 2.05) is 12.1 Å². The molecule has 0 aliphatic carbocycles. The largest absolute Gasteiger partial charge is 0.368 e. The minimum absolute atomic E-state index is 0.293. The fourth-order valence-corrected chi connectivity index (χ4v) is 5.45. The summed E-state index contributed by atoms with van der Waals surface area (Å²) in [7, 11) is -0.701. The fraction of sp³-hybridized carbons (Fsp3) is 0. The molecule has 4 rings (SSSR count). The molecule has 4 aromatic rings. The van der Waals surface area contributed by atoms with Crippen LogP contribution in [-0.2, 0) is 0 Å². The average molecular weight is 355 g/mol. The van der Waals surface area contributed by atoms with Gasteiger partial charge in [-0.15, -0.1) is 0 Å². The topological polar surface area (TPSA) is 51.8 Å². The Bertz CT molecular complexity index is 964. The van der Waals surface area contributed by atoms with Crippen molar-refractivity contribution in [2.75, 3.05) is 5.73 Å². The van der Waals surface area contributed by atoms with Crippen molar-refractivity contribution in [2.45, 2.75) is 0 Å². The first-order valence-corrected chi connectivity index (χ1v) is 9.75. The molecule has 3 aromatic carbocycles. The molecule has 0 fully saturated rings. The highest BCUT2D eigenvalue weighted by atomic mass is 31.1. The Hall–Kier alpha value is -3.03. The molecule has 0 saturated heterocycles. The minimum atomic E-state index is -0.701. The van der Waals surface area contributed by atoms with Crippen LogP contribution in [-0.4, -0.2) is 9.97 Å². The zero-order valence-electron chi connectivity index (χ0n) is 14.2. The smallest absolute Gasteiger partial charge is 0.220 e. The van der Waals surface area contributed by atoms with E-state index in [0.29, 0.717) is 5.95 Å². The van der Waals surface area contributed by atoms with Crippen molar-refractivity contribution in [2.24, 2.45) is 0 Å². The summed E-state index contributed by atoms with van der Waals surface area (Å²) < 4.78 is 0. The molecule has 4 heteroatoms. The van der Waals surface area contributed by atoms with Crippen LogP contribution >= 0.6 is 7.92 Å². The van der Waals surface area contributed by atoms with Gasteiger partial charge >= 0.3 is 0 Å². The van der Waals surface area contributed by atoms with Crippen molar-refractivity contribution >= 4 is 29.8 Å². The van der Waals surface area contributed by atoms with Gasteiger partial charge in [-0.3, -0.25) is 0 Å². The summed E-state index contributed by atoms with van der Waals surface area (Å²) in [5.74, 6) is 0.293. The highest BCUT2D eigenvalue weighted by Gasteiger charge is 2.20. The molecule has 0 aliphatic heterocycles. The number of hydrogen-bond acceptors (Lipinski definition) is 3. The lowest BCUT2D eigenvalue weighted by Crippen LogP contribution is -2.22. The molecule has 0 saturated carbocycles. The van der Waals surface area contributed by atoms with Gasteiger partial charge in [-0.1, -0.05) is 84.9 Å². The molecule has 0 bridgehead atoms. The number of nitrogen functional groups attached to an aromatic ring is 1. The first kappa shape index (κ1) is 16.4. The molecular weight excluding hydrogens is 337 g/mol. The van der Waals surface area contributed by atoms with E-state index in [1.165, 1.54) is 15.9 Å². The van der Waals surface area contributed by atoms with Crippen LogP contribution in [0.1, 0.15) is 0 Å². The summed E-state index contributed by atoms with van der Waals surface area (Å²) in [5, 5.41) is 3.88. The number of nitrogens with zero attached hydrogens (tertiary/aromatic N) is 2. The third-order valence-electron chi connectivity index (χ3n) is 4.12. The monoisotopic (exact) mass is 355 g/mol. The molecular formula is C22H18N3P. The Morgan fingerprint density at radius 1 is 0.654 bits per heavy atom. The highest BCUT2D eigenvalue weighted by Crippen LogP contribution is 2.36. The first-order valence-electron chi connectivity index (χ1n) is 8.41. The molecule has 1 heterocycles. The van der Waals surface area contributed by atoms with Gasteiger partial charge in [0.05, 0.1) is 5.69 Å². The lowest BCUT2D eigenvalue weighted by Gasteiger charge is -2.22. The molecule has 126 valence electrons. The van der Waals surface area contributed by atoms with Crippen LogP contribution in [0.2, 0.25) is 0 Å². The quantitative estimate of drug-likeness (QED) is 0.570. The van der Waals surface area contributed by atoms with Crippen LogP contribution in [0.3, 0.4) is 0 Å². The van der Waals surface area contributed by atoms with Gasteiger partial charge in [-0.05, 0) is 29.9 Å². The summed E-state index contributed by atoms with van der Waals surface area (Å²) in [4.78, 5) is 8.48. The van der Waals surface area contributed by atoms with E-state index in [4.69, 9.17) is 5.73 Å². The Labute approximate surface area is 154 Å². The van der Waals surface area contributed by atoms with Gasteiger partial charge in [-0.25, -0.2) is 9.97 Å². The molecule has 0 spiro atoms. The van der Waals surface area contributed by atoms with Crippen molar-refractivity contribution in [3.63, 3.8) is 0 Å². The van der Waals surface area contributed by atoms with Gasteiger partial charge < -0.3 is 5.73 Å². The Balaban J connectivity index is 1.93. The van der Waals surface area contributed by atoms with E-state index in [2.05, 4.69) is 88.8 Å². The standard InChI is InChI=1S/C22H18N3P/c23-22-24-16-15-20(25-22)19-13-7-8-14-21(19)26(17-9-3-1-4-10-17)18-11-5-2-6-12-18/h1-16H,(H2,23,24,25). The highest BCUT2D eigenvalue weighted by molar-refractivity contribution is 7.80. The number of anilines is 1. The Morgan fingerprint density at radius 3 is 1.85 bits per heavy atom. The van der Waals surface area contributed by atoms with Gasteiger partial charge in [0.2, 0.25) is 5.95 Å². The second-order valence-corrected chi connectivity index (χ2v) is 8.01. The summed E-state index contributed by atoms with van der Waals surface area (Å²) in [6.07, 6.45) is 1.71. The molecule has 0 radical (unpaired) electrons. The molecule has 0 atom stereocenters. The van der Waals surface area contributed by atoms with Crippen LogP contribution in [0.5, 0.6) is 0 Å². The normalized spacial score (nSPS) is 10.8. The maximum absolute atomic E-state index is 5.83. The lowest BCUT2D eigenvalue weighted by atomic mass is 10.1. The van der Waals surface area contributed by atoms with Gasteiger partial charge in [0, 0.05) is 11.8 Å². The Morgan fingerprint density at radius 2 is 1.23 bits per heavy atom. The van der Waals surface area contributed by atoms with Crippen molar-refractivity contribution < 1.29 is 0 Å². The van der Waals surface area contributed by atoms with E-state index in [9.17, 15) is 0 Å². The van der Waals surface area contributed by atoms with E-state index < -0.39 is 7.92 Å². The number of aromatic nitrogens is 2. The Kier molecular flexibility index (Phi) is 4.72. The predicted octanol–water partition coefficient (Wildman–Crippen LogP) is 3.48. The van der Waals surface area contributed by atoms with Crippen molar-refractivity contribution in [3.05, 3.63) is 97.2 Å². The number of benzene rings is 3. The van der Waals surface area contributed by atoms with Crippen molar-refractivity contribution in [1.29, 1.82) is 0 Å². The summed E-state index contributed by atoms with van der Waals surface area (Å²) in [6.45, 7) is 0. The summed E-state index contributed by atoms with van der Waals surface area (Å²) in [5.41, 5.74) is 7.78. The van der Waals surface area contributed by atoms with Crippen LogP contribution in [0.15, 0.2) is 97.2 Å². The SMILES string of the molecule is Nc1nccc(-c2ccccc2P(c2ccccc2)c2ccccc2)n1. The second-order valence-electron chi connectivity index (χ2n) is 5.82. The van der Waals surface area contributed by atoms with Gasteiger partial charge in [-0.2, -0.15) is 0 Å².